The second kappa shape index (κ2) is 10.9. The Morgan fingerprint density at radius 1 is 1.11 bits per heavy atom. The number of hydrogen-bond acceptors (Lipinski definition) is 3. The summed E-state index contributed by atoms with van der Waals surface area (Å²) in [7, 11) is 1.65. The van der Waals surface area contributed by atoms with E-state index in [0.29, 0.717) is 25.7 Å². The number of halogens is 3. The van der Waals surface area contributed by atoms with E-state index in [1.54, 1.807) is 7.05 Å². The number of carbonyl (C=O) groups is 1. The van der Waals surface area contributed by atoms with E-state index in [9.17, 15) is 18.0 Å². The van der Waals surface area contributed by atoms with E-state index in [4.69, 9.17) is 4.74 Å². The number of carbonyl (C=O) groups excluding carboxylic acids is 1. The Morgan fingerprint density at radius 2 is 1.75 bits per heavy atom. The molecule has 0 saturated heterocycles. The van der Waals surface area contributed by atoms with Crippen LogP contribution in [0.3, 0.4) is 0 Å². The number of alkyl halides is 3. The molecule has 0 atom stereocenters. The van der Waals surface area contributed by atoms with Crippen molar-refractivity contribution < 1.29 is 22.7 Å². The maximum absolute atomic E-state index is 12.5. The monoisotopic (exact) mass is 400 g/mol. The Morgan fingerprint density at radius 3 is 2.36 bits per heavy atom. The third kappa shape index (κ3) is 8.16. The van der Waals surface area contributed by atoms with Gasteiger partial charge in [-0.2, -0.15) is 13.2 Å². The standard InChI is InChI=1S/C19H27F3N4O2/c1-23-18(25-9-2-12-28-13-14-3-4-14)26-11-10-24-17(27)15-5-7-16(8-6-15)19(20,21)22/h5-8,14H,2-4,9-13H2,1H3,(H,24,27)(H2,23,25,26). The van der Waals surface area contributed by atoms with Gasteiger partial charge in [0.25, 0.3) is 5.91 Å². The molecule has 9 heteroatoms. The molecule has 156 valence electrons. The molecule has 0 radical (unpaired) electrons. The fourth-order valence-corrected chi connectivity index (χ4v) is 2.41. The zero-order valence-electron chi connectivity index (χ0n) is 15.9. The van der Waals surface area contributed by atoms with Crippen LogP contribution in [0.2, 0.25) is 0 Å². The van der Waals surface area contributed by atoms with E-state index in [1.807, 2.05) is 0 Å². The van der Waals surface area contributed by atoms with Crippen LogP contribution in [0.5, 0.6) is 0 Å². The Hall–Kier alpha value is -2.29. The number of nitrogens with zero attached hydrogens (tertiary/aromatic N) is 1. The van der Waals surface area contributed by atoms with Gasteiger partial charge in [0.2, 0.25) is 0 Å². The van der Waals surface area contributed by atoms with Crippen molar-refractivity contribution in [1.29, 1.82) is 0 Å². The molecule has 1 aliphatic rings. The lowest BCUT2D eigenvalue weighted by atomic mass is 10.1. The maximum atomic E-state index is 12.5. The van der Waals surface area contributed by atoms with E-state index >= 15 is 0 Å². The van der Waals surface area contributed by atoms with E-state index in [0.717, 1.165) is 49.8 Å². The number of hydrogen-bond donors (Lipinski definition) is 3. The summed E-state index contributed by atoms with van der Waals surface area (Å²) in [6.07, 6.45) is -0.975. The van der Waals surface area contributed by atoms with Crippen molar-refractivity contribution in [2.75, 3.05) is 39.9 Å². The van der Waals surface area contributed by atoms with E-state index in [1.165, 1.54) is 12.8 Å². The largest absolute Gasteiger partial charge is 0.416 e. The molecule has 0 aliphatic heterocycles. The average molecular weight is 400 g/mol. The second-order valence-electron chi connectivity index (χ2n) is 6.63. The number of guanidine groups is 1. The average Bonchev–Trinajstić information content (AvgIpc) is 3.49. The van der Waals surface area contributed by atoms with Crippen molar-refractivity contribution >= 4 is 11.9 Å². The van der Waals surface area contributed by atoms with Crippen LogP contribution in [-0.2, 0) is 10.9 Å². The molecule has 1 fully saturated rings. The van der Waals surface area contributed by atoms with Gasteiger partial charge in [0.05, 0.1) is 5.56 Å². The van der Waals surface area contributed by atoms with E-state index in [-0.39, 0.29) is 5.56 Å². The van der Waals surface area contributed by atoms with Crippen LogP contribution in [-0.4, -0.2) is 51.8 Å². The SMILES string of the molecule is CN=C(NCCCOCC1CC1)NCCNC(=O)c1ccc(C(F)(F)F)cc1. The minimum atomic E-state index is -4.41. The summed E-state index contributed by atoms with van der Waals surface area (Å²) in [5.41, 5.74) is -0.597. The van der Waals surface area contributed by atoms with E-state index < -0.39 is 17.6 Å². The predicted molar refractivity (Wildman–Crippen MR) is 101 cm³/mol. The molecule has 1 aliphatic carbocycles. The van der Waals surface area contributed by atoms with Crippen LogP contribution < -0.4 is 16.0 Å². The third-order valence-electron chi connectivity index (χ3n) is 4.21. The number of benzene rings is 1. The molecule has 1 aromatic rings. The number of nitrogens with one attached hydrogen (secondary N) is 3. The molecule has 0 unspecified atom stereocenters. The third-order valence-corrected chi connectivity index (χ3v) is 4.21. The van der Waals surface area contributed by atoms with Crippen molar-refractivity contribution in [3.63, 3.8) is 0 Å². The van der Waals surface area contributed by atoms with Crippen molar-refractivity contribution in [2.45, 2.75) is 25.4 Å². The summed E-state index contributed by atoms with van der Waals surface area (Å²) in [4.78, 5) is 16.1. The smallest absolute Gasteiger partial charge is 0.381 e. The topological polar surface area (TPSA) is 74.8 Å². The van der Waals surface area contributed by atoms with Gasteiger partial charge in [-0.1, -0.05) is 0 Å². The lowest BCUT2D eigenvalue weighted by molar-refractivity contribution is -0.137. The first-order chi connectivity index (χ1) is 13.4. The fourth-order valence-electron chi connectivity index (χ4n) is 2.41. The first-order valence-electron chi connectivity index (χ1n) is 9.38. The van der Waals surface area contributed by atoms with E-state index in [2.05, 4.69) is 20.9 Å². The molecular weight excluding hydrogens is 373 g/mol. The lowest BCUT2D eigenvalue weighted by Crippen LogP contribution is -2.42. The zero-order chi connectivity index (χ0) is 20.4. The van der Waals surface area contributed by atoms with Crippen LogP contribution in [0.1, 0.15) is 35.2 Å². The van der Waals surface area contributed by atoms with Gasteiger partial charge in [0.15, 0.2) is 5.96 Å². The molecule has 0 spiro atoms. The van der Waals surface area contributed by atoms with Crippen molar-refractivity contribution in [3.05, 3.63) is 35.4 Å². The second-order valence-corrected chi connectivity index (χ2v) is 6.63. The first-order valence-corrected chi connectivity index (χ1v) is 9.38. The fraction of sp³-hybridized carbons (Fsp3) is 0.579. The van der Waals surface area contributed by atoms with Crippen molar-refractivity contribution in [3.8, 4) is 0 Å². The molecule has 0 aromatic heterocycles. The highest BCUT2D eigenvalue weighted by Crippen LogP contribution is 2.29. The van der Waals surface area contributed by atoms with Crippen molar-refractivity contribution in [1.82, 2.24) is 16.0 Å². The van der Waals surface area contributed by atoms with Gasteiger partial charge in [-0.25, -0.2) is 0 Å². The lowest BCUT2D eigenvalue weighted by Gasteiger charge is -2.12. The highest BCUT2D eigenvalue weighted by Gasteiger charge is 2.30. The minimum absolute atomic E-state index is 0.182. The summed E-state index contributed by atoms with van der Waals surface area (Å²) < 4.78 is 43.1. The molecule has 6 nitrogen and oxygen atoms in total. The van der Waals surface area contributed by atoms with Crippen LogP contribution in [0.15, 0.2) is 29.3 Å². The van der Waals surface area contributed by atoms with Gasteiger partial charge >= 0.3 is 6.18 Å². The van der Waals surface area contributed by atoms with Crippen LogP contribution in [0, 0.1) is 5.92 Å². The van der Waals surface area contributed by atoms with Gasteiger partial charge in [0.1, 0.15) is 0 Å². The molecule has 1 amide bonds. The Kier molecular flexibility index (Phi) is 8.56. The molecule has 1 saturated carbocycles. The molecule has 0 heterocycles. The van der Waals surface area contributed by atoms with Gasteiger partial charge < -0.3 is 20.7 Å². The van der Waals surface area contributed by atoms with Crippen LogP contribution in [0.4, 0.5) is 13.2 Å². The quantitative estimate of drug-likeness (QED) is 0.320. The molecule has 0 bridgehead atoms. The Balaban J connectivity index is 1.57. The zero-order valence-corrected chi connectivity index (χ0v) is 15.9. The molecular formula is C19H27F3N4O2. The normalized spacial score (nSPS) is 14.6. The van der Waals surface area contributed by atoms with Crippen molar-refractivity contribution in [2.24, 2.45) is 10.9 Å². The van der Waals surface area contributed by atoms with Crippen LogP contribution in [0.25, 0.3) is 0 Å². The summed E-state index contributed by atoms with van der Waals surface area (Å²) >= 11 is 0. The summed E-state index contributed by atoms with van der Waals surface area (Å²) in [6, 6.07) is 4.12. The van der Waals surface area contributed by atoms with Gasteiger partial charge in [0, 0.05) is 45.5 Å². The summed E-state index contributed by atoms with van der Waals surface area (Å²) in [6.45, 7) is 3.03. The predicted octanol–water partition coefficient (Wildman–Crippen LogP) is 2.42. The highest BCUT2D eigenvalue weighted by molar-refractivity contribution is 5.94. The number of amides is 1. The number of rotatable bonds is 10. The maximum Gasteiger partial charge on any atom is 0.416 e. The molecule has 3 N–H and O–H groups in total. The summed E-state index contributed by atoms with van der Waals surface area (Å²) in [5, 5.41) is 8.86. The van der Waals surface area contributed by atoms with Gasteiger partial charge in [-0.05, 0) is 49.4 Å². The summed E-state index contributed by atoms with van der Waals surface area (Å²) in [5.74, 6) is 0.956. The van der Waals surface area contributed by atoms with Gasteiger partial charge in [-0.3, -0.25) is 9.79 Å². The van der Waals surface area contributed by atoms with Gasteiger partial charge in [-0.15, -0.1) is 0 Å². The molecule has 2 rings (SSSR count). The molecule has 1 aromatic carbocycles. The Labute approximate surface area is 162 Å². The highest BCUT2D eigenvalue weighted by atomic mass is 19.4. The Bertz CT molecular complexity index is 644. The number of aliphatic imine (C=N–C) groups is 1. The molecule has 28 heavy (non-hydrogen) atoms. The van der Waals surface area contributed by atoms with Crippen LogP contribution >= 0.6 is 0 Å². The number of ether oxygens (including phenoxy) is 1. The first kappa shape index (κ1) is 22.0. The minimum Gasteiger partial charge on any atom is -0.381 e.